The smallest absolute Gasteiger partial charge is 0.287 e. The second-order valence-electron chi connectivity index (χ2n) is 3.60. The van der Waals surface area contributed by atoms with Gasteiger partial charge in [-0.15, -0.1) is 0 Å². The molecule has 0 aliphatic carbocycles. The van der Waals surface area contributed by atoms with E-state index >= 15 is 0 Å². The molecule has 7 nitrogen and oxygen atoms in total. The number of amides is 2. The summed E-state index contributed by atoms with van der Waals surface area (Å²) < 4.78 is 10.6. The summed E-state index contributed by atoms with van der Waals surface area (Å²) in [5.41, 5.74) is 2.25. The fourth-order valence-electron chi connectivity index (χ4n) is 1.26. The molecule has 2 aromatic rings. The molecule has 2 N–H and O–H groups in total. The van der Waals surface area contributed by atoms with Gasteiger partial charge in [-0.05, 0) is 40.2 Å². The van der Waals surface area contributed by atoms with Crippen LogP contribution in [0.5, 0.6) is 0 Å². The number of halogens is 1. The molecule has 0 saturated heterocycles. The van der Waals surface area contributed by atoms with Gasteiger partial charge in [-0.25, -0.2) is 5.43 Å². The van der Waals surface area contributed by atoms with Gasteiger partial charge < -0.3 is 14.2 Å². The first-order valence-corrected chi connectivity index (χ1v) is 6.33. The van der Waals surface area contributed by atoms with Crippen LogP contribution in [0.1, 0.15) is 16.3 Å². The van der Waals surface area contributed by atoms with Crippen molar-refractivity contribution < 1.29 is 18.4 Å². The van der Waals surface area contributed by atoms with Crippen molar-refractivity contribution in [2.45, 2.75) is 0 Å². The lowest BCUT2D eigenvalue weighted by Crippen LogP contribution is -2.34. The summed E-state index contributed by atoms with van der Waals surface area (Å²) in [6.45, 7) is -0.210. The maximum atomic E-state index is 11.5. The quantitative estimate of drug-likeness (QED) is 0.637. The Balaban J connectivity index is 1.73. The highest BCUT2D eigenvalue weighted by molar-refractivity contribution is 9.10. The lowest BCUT2D eigenvalue weighted by molar-refractivity contribution is -0.120. The summed E-state index contributed by atoms with van der Waals surface area (Å²) in [6, 6.07) is 6.46. The van der Waals surface area contributed by atoms with Crippen LogP contribution in [0.2, 0.25) is 0 Å². The number of hydrogen-bond donors (Lipinski definition) is 2. The third-order valence-electron chi connectivity index (χ3n) is 2.13. The van der Waals surface area contributed by atoms with Gasteiger partial charge in [-0.1, -0.05) is 0 Å². The van der Waals surface area contributed by atoms with E-state index in [2.05, 4.69) is 31.8 Å². The molecule has 0 radical (unpaired) electrons. The van der Waals surface area contributed by atoms with Crippen molar-refractivity contribution in [3.63, 3.8) is 0 Å². The van der Waals surface area contributed by atoms with Crippen molar-refractivity contribution in [1.82, 2.24) is 10.7 Å². The van der Waals surface area contributed by atoms with E-state index in [9.17, 15) is 9.59 Å². The predicted octanol–water partition coefficient (Wildman–Crippen LogP) is 1.52. The van der Waals surface area contributed by atoms with Crippen LogP contribution in [0.15, 0.2) is 49.1 Å². The second-order valence-corrected chi connectivity index (χ2v) is 4.38. The summed E-state index contributed by atoms with van der Waals surface area (Å²) in [5, 5.41) is 6.07. The molecule has 2 amide bonds. The van der Waals surface area contributed by atoms with Crippen LogP contribution < -0.4 is 10.7 Å². The van der Waals surface area contributed by atoms with E-state index in [4.69, 9.17) is 8.83 Å². The Morgan fingerprint density at radius 2 is 2.20 bits per heavy atom. The van der Waals surface area contributed by atoms with Gasteiger partial charge in [0.1, 0.15) is 5.76 Å². The number of carbonyl (C=O) groups excluding carboxylic acids is 2. The lowest BCUT2D eigenvalue weighted by Gasteiger charge is -2.01. The highest BCUT2D eigenvalue weighted by atomic mass is 79.9. The van der Waals surface area contributed by atoms with Gasteiger partial charge in [0.05, 0.1) is 19.0 Å². The van der Waals surface area contributed by atoms with Crippen molar-refractivity contribution in [2.24, 2.45) is 5.10 Å². The van der Waals surface area contributed by atoms with Crippen LogP contribution in [0.3, 0.4) is 0 Å². The van der Waals surface area contributed by atoms with Gasteiger partial charge in [0.2, 0.25) is 0 Å². The third kappa shape index (κ3) is 4.09. The normalized spacial score (nSPS) is 10.7. The number of furan rings is 2. The Labute approximate surface area is 122 Å². The molecule has 0 aliphatic heterocycles. The van der Waals surface area contributed by atoms with Gasteiger partial charge in [-0.3, -0.25) is 9.59 Å². The highest BCUT2D eigenvalue weighted by Gasteiger charge is 2.09. The Morgan fingerprint density at radius 1 is 1.35 bits per heavy atom. The Bertz CT molecular complexity index is 618. The predicted molar refractivity (Wildman–Crippen MR) is 73.2 cm³/mol. The SMILES string of the molecule is O=C(CNC(=O)c1ccco1)N/N=C/c1ccc(Br)o1. The topological polar surface area (TPSA) is 96.8 Å². The second kappa shape index (κ2) is 6.71. The number of nitrogens with one attached hydrogen (secondary N) is 2. The maximum Gasteiger partial charge on any atom is 0.287 e. The van der Waals surface area contributed by atoms with Gasteiger partial charge in [-0.2, -0.15) is 5.10 Å². The minimum absolute atomic E-state index is 0.140. The van der Waals surface area contributed by atoms with Crippen LogP contribution in [0.25, 0.3) is 0 Å². The average molecular weight is 340 g/mol. The largest absolute Gasteiger partial charge is 0.459 e. The molecule has 0 aromatic carbocycles. The van der Waals surface area contributed by atoms with E-state index in [1.807, 2.05) is 0 Å². The van der Waals surface area contributed by atoms with E-state index in [-0.39, 0.29) is 12.3 Å². The first kappa shape index (κ1) is 14.1. The van der Waals surface area contributed by atoms with E-state index in [1.165, 1.54) is 18.5 Å². The molecule has 0 aliphatic rings. The Kier molecular flexibility index (Phi) is 4.72. The Hall–Kier alpha value is -2.35. The minimum Gasteiger partial charge on any atom is -0.459 e. The summed E-state index contributed by atoms with van der Waals surface area (Å²) >= 11 is 3.14. The number of carbonyl (C=O) groups is 2. The van der Waals surface area contributed by atoms with E-state index in [0.717, 1.165) is 0 Å². The molecule has 8 heteroatoms. The van der Waals surface area contributed by atoms with E-state index in [1.54, 1.807) is 18.2 Å². The maximum absolute atomic E-state index is 11.5. The molecule has 0 unspecified atom stereocenters. The first-order valence-electron chi connectivity index (χ1n) is 5.54. The van der Waals surface area contributed by atoms with Crippen molar-refractivity contribution in [1.29, 1.82) is 0 Å². The summed E-state index contributed by atoms with van der Waals surface area (Å²) in [7, 11) is 0. The first-order chi connectivity index (χ1) is 9.65. The summed E-state index contributed by atoms with van der Waals surface area (Å²) in [4.78, 5) is 22.9. The fourth-order valence-corrected chi connectivity index (χ4v) is 1.58. The van der Waals surface area contributed by atoms with Crippen molar-refractivity contribution in [2.75, 3.05) is 6.54 Å². The van der Waals surface area contributed by atoms with E-state index < -0.39 is 11.8 Å². The van der Waals surface area contributed by atoms with Gasteiger partial charge >= 0.3 is 0 Å². The van der Waals surface area contributed by atoms with Crippen LogP contribution in [-0.2, 0) is 4.79 Å². The van der Waals surface area contributed by atoms with Gasteiger partial charge in [0.15, 0.2) is 10.4 Å². The molecule has 104 valence electrons. The highest BCUT2D eigenvalue weighted by Crippen LogP contribution is 2.11. The molecule has 0 fully saturated rings. The number of hydrogen-bond acceptors (Lipinski definition) is 5. The number of rotatable bonds is 5. The monoisotopic (exact) mass is 339 g/mol. The zero-order valence-electron chi connectivity index (χ0n) is 10.1. The van der Waals surface area contributed by atoms with E-state index in [0.29, 0.717) is 10.4 Å². The van der Waals surface area contributed by atoms with Crippen molar-refractivity contribution in [3.05, 3.63) is 46.7 Å². The number of hydrazone groups is 1. The van der Waals surface area contributed by atoms with Gasteiger partial charge in [0, 0.05) is 0 Å². The molecule has 0 bridgehead atoms. The molecule has 2 aromatic heterocycles. The molecule has 20 heavy (non-hydrogen) atoms. The molecular weight excluding hydrogens is 330 g/mol. The fraction of sp³-hybridized carbons (Fsp3) is 0.0833. The molecule has 2 heterocycles. The Morgan fingerprint density at radius 3 is 2.85 bits per heavy atom. The van der Waals surface area contributed by atoms with Crippen LogP contribution in [0, 0.1) is 0 Å². The molecule has 0 saturated carbocycles. The minimum atomic E-state index is -0.468. The van der Waals surface area contributed by atoms with Crippen LogP contribution >= 0.6 is 15.9 Å². The zero-order chi connectivity index (χ0) is 14.4. The summed E-state index contributed by atoms with van der Waals surface area (Å²) in [6.07, 6.45) is 2.72. The third-order valence-corrected chi connectivity index (χ3v) is 2.56. The molecular formula is C12H10BrN3O4. The van der Waals surface area contributed by atoms with Gasteiger partial charge in [0.25, 0.3) is 11.8 Å². The lowest BCUT2D eigenvalue weighted by atomic mass is 10.4. The van der Waals surface area contributed by atoms with Crippen LogP contribution in [-0.4, -0.2) is 24.6 Å². The average Bonchev–Trinajstić information content (AvgIpc) is 3.07. The zero-order valence-corrected chi connectivity index (χ0v) is 11.7. The molecule has 0 atom stereocenters. The molecule has 0 spiro atoms. The summed E-state index contributed by atoms with van der Waals surface area (Å²) in [5.74, 6) is -0.311. The van der Waals surface area contributed by atoms with Crippen molar-refractivity contribution in [3.8, 4) is 0 Å². The number of nitrogens with zero attached hydrogens (tertiary/aromatic N) is 1. The standard InChI is InChI=1S/C12H10BrN3O4/c13-10-4-3-8(20-10)6-15-16-11(17)7-14-12(18)9-2-1-5-19-9/h1-6H,7H2,(H,14,18)(H,16,17)/b15-6+. The van der Waals surface area contributed by atoms with Crippen molar-refractivity contribution >= 4 is 34.0 Å². The van der Waals surface area contributed by atoms with Crippen LogP contribution in [0.4, 0.5) is 0 Å². The molecule has 2 rings (SSSR count).